The molecule has 0 aromatic heterocycles. The minimum atomic E-state index is -0.761. The molecule has 0 saturated carbocycles. The first-order valence-corrected chi connectivity index (χ1v) is 26.9. The quantitative estimate of drug-likeness (QED) is 0.0345. The Labute approximate surface area is 374 Å². The summed E-state index contributed by atoms with van der Waals surface area (Å²) in [6.07, 6.45) is 51.0. The van der Waals surface area contributed by atoms with Gasteiger partial charge >= 0.3 is 17.9 Å². The van der Waals surface area contributed by atoms with E-state index in [1.807, 2.05) is 0 Å². The van der Waals surface area contributed by atoms with Crippen molar-refractivity contribution in [1.82, 2.24) is 0 Å². The topological polar surface area (TPSA) is 78.9 Å². The smallest absolute Gasteiger partial charge is 0.306 e. The van der Waals surface area contributed by atoms with E-state index < -0.39 is 6.10 Å². The molecule has 60 heavy (non-hydrogen) atoms. The molecule has 0 radical (unpaired) electrons. The zero-order valence-corrected chi connectivity index (χ0v) is 40.9. The fourth-order valence-corrected chi connectivity index (χ4v) is 8.22. The Kier molecular flexibility index (Phi) is 47.2. The van der Waals surface area contributed by atoms with Gasteiger partial charge in [-0.15, -0.1) is 0 Å². The van der Waals surface area contributed by atoms with E-state index in [0.717, 1.165) is 63.7 Å². The average molecular weight is 849 g/mol. The van der Waals surface area contributed by atoms with Crippen LogP contribution >= 0.6 is 0 Å². The van der Waals surface area contributed by atoms with Gasteiger partial charge in [0.2, 0.25) is 0 Å². The zero-order valence-electron chi connectivity index (χ0n) is 40.9. The molecule has 0 saturated heterocycles. The normalized spacial score (nSPS) is 11.9. The highest BCUT2D eigenvalue weighted by atomic mass is 16.6. The second kappa shape index (κ2) is 48.4. The van der Waals surface area contributed by atoms with Gasteiger partial charge in [-0.05, 0) is 25.2 Å². The van der Waals surface area contributed by atoms with Crippen LogP contribution in [0.1, 0.15) is 304 Å². The zero-order chi connectivity index (χ0) is 43.8. The number of carbonyl (C=O) groups excluding carboxylic acids is 3. The minimum absolute atomic E-state index is 0.0631. The molecule has 0 unspecified atom stereocenters. The minimum Gasteiger partial charge on any atom is -0.462 e. The molecular formula is C54H104O6. The maximum absolute atomic E-state index is 12.8. The van der Waals surface area contributed by atoms with Crippen molar-refractivity contribution >= 4 is 17.9 Å². The van der Waals surface area contributed by atoms with Crippen LogP contribution in [0.15, 0.2) is 0 Å². The molecule has 0 rings (SSSR count). The van der Waals surface area contributed by atoms with E-state index in [9.17, 15) is 14.4 Å². The maximum Gasteiger partial charge on any atom is 0.306 e. The molecule has 0 heterocycles. The van der Waals surface area contributed by atoms with Crippen molar-refractivity contribution in [3.05, 3.63) is 0 Å². The highest BCUT2D eigenvalue weighted by Gasteiger charge is 2.19. The summed E-state index contributed by atoms with van der Waals surface area (Å²) >= 11 is 0. The van der Waals surface area contributed by atoms with Crippen LogP contribution in [0, 0.1) is 5.92 Å². The van der Waals surface area contributed by atoms with Gasteiger partial charge in [0, 0.05) is 19.3 Å². The van der Waals surface area contributed by atoms with Gasteiger partial charge < -0.3 is 14.2 Å². The summed E-state index contributed by atoms with van der Waals surface area (Å²) in [4.78, 5) is 37.9. The van der Waals surface area contributed by atoms with Crippen molar-refractivity contribution < 1.29 is 28.6 Å². The van der Waals surface area contributed by atoms with Crippen LogP contribution in [0.4, 0.5) is 0 Å². The van der Waals surface area contributed by atoms with E-state index >= 15 is 0 Å². The molecule has 1 atom stereocenters. The SMILES string of the molecule is CCCCCCCCCCCCCCCCCCCCCC(=O)OC[C@H](COC(=O)CCCCCCCCCCCCCC)OC(=O)CCCCCCCCCCC(C)C. The Morgan fingerprint density at radius 1 is 0.317 bits per heavy atom. The highest BCUT2D eigenvalue weighted by molar-refractivity contribution is 5.71. The first kappa shape index (κ1) is 58.4. The molecule has 0 aliphatic heterocycles. The lowest BCUT2D eigenvalue weighted by Crippen LogP contribution is -2.30. The molecule has 6 heteroatoms. The molecule has 0 aromatic rings. The lowest BCUT2D eigenvalue weighted by molar-refractivity contribution is -0.167. The number of rotatable bonds is 49. The Morgan fingerprint density at radius 2 is 0.550 bits per heavy atom. The van der Waals surface area contributed by atoms with Crippen LogP contribution in [-0.4, -0.2) is 37.2 Å². The number of carbonyl (C=O) groups is 3. The van der Waals surface area contributed by atoms with Crippen LogP contribution in [0.3, 0.4) is 0 Å². The first-order chi connectivity index (χ1) is 29.4. The molecule has 0 aliphatic rings. The van der Waals surface area contributed by atoms with E-state index in [4.69, 9.17) is 14.2 Å². The molecular weight excluding hydrogens is 745 g/mol. The lowest BCUT2D eigenvalue weighted by Gasteiger charge is -2.18. The van der Waals surface area contributed by atoms with E-state index in [-0.39, 0.29) is 31.1 Å². The molecule has 0 fully saturated rings. The predicted molar refractivity (Wildman–Crippen MR) is 257 cm³/mol. The fourth-order valence-electron chi connectivity index (χ4n) is 8.22. The maximum atomic E-state index is 12.8. The van der Waals surface area contributed by atoms with Crippen molar-refractivity contribution in [1.29, 1.82) is 0 Å². The Hall–Kier alpha value is -1.59. The van der Waals surface area contributed by atoms with Crippen LogP contribution in [0.2, 0.25) is 0 Å². The van der Waals surface area contributed by atoms with Gasteiger partial charge in [0.1, 0.15) is 13.2 Å². The van der Waals surface area contributed by atoms with E-state index in [0.29, 0.717) is 19.3 Å². The van der Waals surface area contributed by atoms with Crippen molar-refractivity contribution in [2.45, 2.75) is 310 Å². The van der Waals surface area contributed by atoms with E-state index in [2.05, 4.69) is 27.7 Å². The van der Waals surface area contributed by atoms with Gasteiger partial charge in [0.25, 0.3) is 0 Å². The summed E-state index contributed by atoms with van der Waals surface area (Å²) < 4.78 is 16.8. The van der Waals surface area contributed by atoms with Crippen molar-refractivity contribution in [3.63, 3.8) is 0 Å². The second-order valence-corrected chi connectivity index (χ2v) is 19.0. The largest absolute Gasteiger partial charge is 0.462 e. The Balaban J connectivity index is 4.23. The van der Waals surface area contributed by atoms with Gasteiger partial charge in [0.05, 0.1) is 0 Å². The molecule has 0 amide bonds. The number of unbranched alkanes of at least 4 members (excludes halogenated alkanes) is 36. The molecule has 0 N–H and O–H groups in total. The summed E-state index contributed by atoms with van der Waals surface area (Å²) in [6, 6.07) is 0. The Bertz CT molecular complexity index is 903. The van der Waals surface area contributed by atoms with Crippen LogP contribution < -0.4 is 0 Å². The lowest BCUT2D eigenvalue weighted by atomic mass is 10.0. The highest BCUT2D eigenvalue weighted by Crippen LogP contribution is 2.17. The van der Waals surface area contributed by atoms with Gasteiger partial charge in [-0.25, -0.2) is 0 Å². The van der Waals surface area contributed by atoms with E-state index in [1.54, 1.807) is 0 Å². The van der Waals surface area contributed by atoms with Crippen molar-refractivity contribution in [2.24, 2.45) is 5.92 Å². The number of hydrogen-bond donors (Lipinski definition) is 0. The monoisotopic (exact) mass is 849 g/mol. The summed E-state index contributed by atoms with van der Waals surface area (Å²) in [5.74, 6) is -0.0518. The molecule has 0 aromatic carbocycles. The summed E-state index contributed by atoms with van der Waals surface area (Å²) in [6.45, 7) is 9.00. The Morgan fingerprint density at radius 3 is 0.817 bits per heavy atom. The number of hydrogen-bond acceptors (Lipinski definition) is 6. The third-order valence-electron chi connectivity index (χ3n) is 12.3. The molecule has 0 spiro atoms. The third-order valence-corrected chi connectivity index (χ3v) is 12.3. The van der Waals surface area contributed by atoms with Gasteiger partial charge in [0.15, 0.2) is 6.10 Å². The molecule has 0 bridgehead atoms. The van der Waals surface area contributed by atoms with Gasteiger partial charge in [-0.2, -0.15) is 0 Å². The van der Waals surface area contributed by atoms with Gasteiger partial charge in [-0.1, -0.05) is 265 Å². The standard InChI is InChI=1S/C54H104O6/c1-5-7-9-11-13-15-17-19-20-21-22-23-24-25-27-29-34-38-42-46-53(56)59-49-51(60-54(57)47-43-39-35-31-30-32-36-40-44-50(3)4)48-58-52(55)45-41-37-33-28-26-18-16-14-12-10-8-6-2/h50-51H,5-49H2,1-4H3/t51-/m0/s1. The van der Waals surface area contributed by atoms with Crippen LogP contribution in [0.5, 0.6) is 0 Å². The van der Waals surface area contributed by atoms with Crippen molar-refractivity contribution in [3.8, 4) is 0 Å². The van der Waals surface area contributed by atoms with Gasteiger partial charge in [-0.3, -0.25) is 14.4 Å². The van der Waals surface area contributed by atoms with Crippen LogP contribution in [0.25, 0.3) is 0 Å². The van der Waals surface area contributed by atoms with Crippen LogP contribution in [-0.2, 0) is 28.6 Å². The van der Waals surface area contributed by atoms with Crippen molar-refractivity contribution in [2.75, 3.05) is 13.2 Å². The molecule has 356 valence electrons. The number of ether oxygens (including phenoxy) is 3. The summed E-state index contributed by atoms with van der Waals surface area (Å²) in [5.41, 5.74) is 0. The third kappa shape index (κ3) is 47.5. The number of esters is 3. The fraction of sp³-hybridized carbons (Fsp3) is 0.944. The molecule has 0 aliphatic carbocycles. The molecule has 6 nitrogen and oxygen atoms in total. The summed E-state index contributed by atoms with van der Waals surface area (Å²) in [5, 5.41) is 0. The predicted octanol–water partition coefficient (Wildman–Crippen LogP) is 17.5. The summed E-state index contributed by atoms with van der Waals surface area (Å²) in [7, 11) is 0. The average Bonchev–Trinajstić information content (AvgIpc) is 3.23. The first-order valence-electron chi connectivity index (χ1n) is 26.9. The second-order valence-electron chi connectivity index (χ2n) is 19.0. The van der Waals surface area contributed by atoms with E-state index in [1.165, 1.54) is 199 Å².